The van der Waals surface area contributed by atoms with Crippen molar-refractivity contribution in [3.8, 4) is 5.81 Å². The topological polar surface area (TPSA) is 97.3 Å². The zero-order valence-electron chi connectivity index (χ0n) is 3.20. The summed E-state index contributed by atoms with van der Waals surface area (Å²) in [6.07, 6.45) is 0. The molecule has 0 aromatic heterocycles. The molecule has 0 radical (unpaired) electrons. The zero-order valence-corrected chi connectivity index (χ0v) is 4.09. The fourth-order valence-corrected chi connectivity index (χ4v) is 0.0671. The molecule has 0 aliphatic rings. The summed E-state index contributed by atoms with van der Waals surface area (Å²) in [5, 5.41) is 7.62. The van der Waals surface area contributed by atoms with Crippen LogP contribution in [0.4, 0.5) is 0 Å². The Bertz CT molecular complexity index is 157. The van der Waals surface area contributed by atoms with Gasteiger partial charge in [0.2, 0.25) is 0 Å². The lowest BCUT2D eigenvalue weighted by molar-refractivity contribution is 0.488. The smallest absolute Gasteiger partial charge is 0.316 e. The first kappa shape index (κ1) is 6.28. The van der Waals surface area contributed by atoms with Crippen molar-refractivity contribution in [3.05, 3.63) is 0 Å². The average molecular weight is 119 g/mol. The van der Waals surface area contributed by atoms with Crippen LogP contribution in [0.25, 0.3) is 0 Å². The second-order valence-electron chi connectivity index (χ2n) is 0.744. The fourth-order valence-electron chi connectivity index (χ4n) is 0.0224. The Labute approximate surface area is 39.6 Å². The van der Waals surface area contributed by atoms with Crippen LogP contribution < -0.4 is 0 Å². The third kappa shape index (κ3) is 2.04. The summed E-state index contributed by atoms with van der Waals surface area (Å²) >= 11 is 0. The second-order valence-corrected chi connectivity index (χ2v) is 2.23. The third-order valence-corrected chi connectivity index (χ3v) is 0.797. The van der Waals surface area contributed by atoms with Crippen molar-refractivity contribution in [2.75, 3.05) is 0 Å². The van der Waals surface area contributed by atoms with Crippen LogP contribution in [-0.4, -0.2) is 4.89 Å². The van der Waals surface area contributed by atoms with Gasteiger partial charge in [-0.2, -0.15) is 5.26 Å². The Kier molecular flexibility index (Phi) is 1.64. The first-order valence-electron chi connectivity index (χ1n) is 1.25. The van der Waals surface area contributed by atoms with E-state index in [1.165, 1.54) is 0 Å². The zero-order chi connectivity index (χ0) is 5.91. The Hall–Kier alpha value is -0.720. The first-order valence-corrected chi connectivity index (χ1v) is 2.87. The molecule has 0 aromatic rings. The highest BCUT2D eigenvalue weighted by Crippen LogP contribution is 2.39. The van der Waals surface area contributed by atoms with Crippen molar-refractivity contribution in [1.82, 2.24) is 0 Å². The van der Waals surface area contributed by atoms with E-state index in [0.29, 0.717) is 0 Å². The van der Waals surface area contributed by atoms with E-state index < -0.39 is 7.52 Å². The molecule has 0 aliphatic carbocycles. The van der Waals surface area contributed by atoms with Gasteiger partial charge in [-0.25, -0.2) is 10.1 Å². The van der Waals surface area contributed by atoms with Gasteiger partial charge in [0.25, 0.3) is 0 Å². The fraction of sp³-hybridized carbons (Fsp3) is 0. The maximum absolute atomic E-state index is 9.79. The molecule has 0 fully saturated rings. The lowest BCUT2D eigenvalue weighted by Gasteiger charge is -1.82. The van der Waals surface area contributed by atoms with Crippen molar-refractivity contribution < 1.29 is 9.46 Å². The summed E-state index contributed by atoms with van der Waals surface area (Å²) in [6, 6.07) is 0. The third-order valence-electron chi connectivity index (χ3n) is 0.266. The van der Waals surface area contributed by atoms with Gasteiger partial charge in [-0.1, -0.05) is 4.88 Å². The Balaban J connectivity index is 4.23. The molecule has 0 rings (SSSR count). The number of rotatable bonds is 1. The van der Waals surface area contributed by atoms with E-state index in [-0.39, 0.29) is 0 Å². The van der Waals surface area contributed by atoms with E-state index in [1.807, 2.05) is 0 Å². The molecule has 1 atom stereocenters. The molecule has 0 aromatic carbocycles. The molecule has 0 heterocycles. The van der Waals surface area contributed by atoms with Crippen LogP contribution in [0, 0.1) is 16.6 Å². The van der Waals surface area contributed by atoms with Gasteiger partial charge in [-0.15, -0.1) is 0 Å². The molecule has 0 bridgehead atoms. The summed E-state index contributed by atoms with van der Waals surface area (Å²) in [4.78, 5) is 10.1. The van der Waals surface area contributed by atoms with E-state index in [4.69, 9.17) is 15.7 Å². The molecule has 0 spiro atoms. The molecule has 0 saturated carbocycles. The highest BCUT2D eigenvalue weighted by Gasteiger charge is 2.12. The molecular formula is CH2N3O2P. The van der Waals surface area contributed by atoms with Crippen molar-refractivity contribution >= 4 is 7.52 Å². The van der Waals surface area contributed by atoms with Gasteiger partial charge in [-0.3, -0.25) is 0 Å². The summed E-state index contributed by atoms with van der Waals surface area (Å²) in [5.41, 5.74) is 5.89. The average Bonchev–Trinajstić information content (AvgIpc) is 1.68. The number of hydrogen-bond donors (Lipinski definition) is 2. The summed E-state index contributed by atoms with van der Waals surface area (Å²) in [7, 11) is -4.06. The Morgan fingerprint density at radius 1 is 2.00 bits per heavy atom. The van der Waals surface area contributed by atoms with E-state index >= 15 is 0 Å². The highest BCUT2D eigenvalue weighted by molar-refractivity contribution is 7.61. The van der Waals surface area contributed by atoms with Crippen LogP contribution >= 0.6 is 7.52 Å². The van der Waals surface area contributed by atoms with Gasteiger partial charge in [-0.05, 0) is 0 Å². The molecule has 6 heteroatoms. The maximum Gasteiger partial charge on any atom is 0.428 e. The molecule has 1 unspecified atom stereocenters. The van der Waals surface area contributed by atoms with Crippen molar-refractivity contribution in [2.24, 2.45) is 4.88 Å². The second kappa shape index (κ2) is 1.82. The van der Waals surface area contributed by atoms with Crippen LogP contribution in [0.2, 0.25) is 0 Å². The van der Waals surface area contributed by atoms with Gasteiger partial charge in [0.15, 0.2) is 5.81 Å². The van der Waals surface area contributed by atoms with Gasteiger partial charge < -0.3 is 4.89 Å². The van der Waals surface area contributed by atoms with Crippen LogP contribution in [0.1, 0.15) is 0 Å². The molecule has 2 N–H and O–H groups in total. The van der Waals surface area contributed by atoms with Gasteiger partial charge in [0.1, 0.15) is 0 Å². The minimum absolute atomic E-state index is 0.948. The summed E-state index contributed by atoms with van der Waals surface area (Å²) < 4.78 is 9.79. The van der Waals surface area contributed by atoms with Crippen LogP contribution in [0.15, 0.2) is 4.88 Å². The summed E-state index contributed by atoms with van der Waals surface area (Å²) in [6.45, 7) is 0. The van der Waals surface area contributed by atoms with Gasteiger partial charge >= 0.3 is 7.52 Å². The molecule has 0 amide bonds. The van der Waals surface area contributed by atoms with E-state index in [2.05, 4.69) is 4.88 Å². The first-order chi connectivity index (χ1) is 3.12. The standard InChI is InChI=1S/CH2N3O2P/c2-1-7(5,6)4-3/h3H,(H,5,6). The largest absolute Gasteiger partial charge is 0.428 e. The SMILES string of the molecule is N#CP(=O)(O)N=N. The number of hydrogen-bond acceptors (Lipinski definition) is 3. The van der Waals surface area contributed by atoms with E-state index in [0.717, 1.165) is 5.81 Å². The van der Waals surface area contributed by atoms with E-state index in [1.54, 1.807) is 0 Å². The van der Waals surface area contributed by atoms with Crippen LogP contribution in [0.3, 0.4) is 0 Å². The quantitative estimate of drug-likeness (QED) is 0.392. The molecular weight excluding hydrogens is 117 g/mol. The molecule has 5 nitrogen and oxygen atoms in total. The summed E-state index contributed by atoms with van der Waals surface area (Å²) in [5.74, 6) is 0.948. The monoisotopic (exact) mass is 119 g/mol. The molecule has 7 heavy (non-hydrogen) atoms. The van der Waals surface area contributed by atoms with Crippen molar-refractivity contribution in [1.29, 1.82) is 10.8 Å². The predicted molar refractivity (Wildman–Crippen MR) is 20.6 cm³/mol. The van der Waals surface area contributed by atoms with Crippen molar-refractivity contribution in [3.63, 3.8) is 0 Å². The number of nitrogens with one attached hydrogen (secondary N) is 1. The molecule has 0 saturated heterocycles. The van der Waals surface area contributed by atoms with Crippen LogP contribution in [0.5, 0.6) is 0 Å². The maximum atomic E-state index is 9.79. The van der Waals surface area contributed by atoms with Gasteiger partial charge in [0, 0.05) is 0 Å². The van der Waals surface area contributed by atoms with E-state index in [9.17, 15) is 4.57 Å². The Morgan fingerprint density at radius 3 is 2.43 bits per heavy atom. The predicted octanol–water partition coefficient (Wildman–Crippen LogP) is 0.684. The highest BCUT2D eigenvalue weighted by atomic mass is 31.2. The minimum atomic E-state index is -4.06. The van der Waals surface area contributed by atoms with Gasteiger partial charge in [0.05, 0.1) is 0 Å². The number of nitriles is 1. The lowest BCUT2D eigenvalue weighted by Crippen LogP contribution is -1.61. The number of nitrogens with zero attached hydrogens (tertiary/aromatic N) is 2. The molecule has 38 valence electrons. The molecule has 0 aliphatic heterocycles. The minimum Gasteiger partial charge on any atom is -0.316 e. The Morgan fingerprint density at radius 2 is 2.43 bits per heavy atom. The van der Waals surface area contributed by atoms with Crippen molar-refractivity contribution in [2.45, 2.75) is 0 Å². The normalized spacial score (nSPS) is 16.6. The lowest BCUT2D eigenvalue weighted by atomic mass is 11.8. The van der Waals surface area contributed by atoms with Crippen LogP contribution in [-0.2, 0) is 4.57 Å².